The second kappa shape index (κ2) is 7.31. The van der Waals surface area contributed by atoms with E-state index in [1.165, 1.54) is 16.9 Å². The fraction of sp³-hybridized carbons (Fsp3) is 0.438. The third-order valence-corrected chi connectivity index (χ3v) is 4.12. The zero-order valence-electron chi connectivity index (χ0n) is 12.8. The first-order valence-electron chi connectivity index (χ1n) is 7.36. The van der Waals surface area contributed by atoms with Crippen LogP contribution in [0, 0.1) is 6.92 Å². The average molecular weight is 303 g/mol. The summed E-state index contributed by atoms with van der Waals surface area (Å²) in [5, 5.41) is 10.0. The Morgan fingerprint density at radius 3 is 2.71 bits per heavy atom. The Labute approximate surface area is 129 Å². The van der Waals surface area contributed by atoms with Crippen LogP contribution in [0.1, 0.15) is 38.7 Å². The van der Waals surface area contributed by atoms with Crippen molar-refractivity contribution in [2.24, 2.45) is 0 Å². The van der Waals surface area contributed by atoms with Gasteiger partial charge in [0.25, 0.3) is 0 Å². The number of nitrogens with zero attached hydrogens (tertiary/aromatic N) is 3. The van der Waals surface area contributed by atoms with Crippen molar-refractivity contribution < 1.29 is 4.79 Å². The van der Waals surface area contributed by atoms with E-state index in [9.17, 15) is 4.79 Å². The molecule has 1 amide bonds. The summed E-state index contributed by atoms with van der Waals surface area (Å²) in [6, 6.07) is 8.18. The van der Waals surface area contributed by atoms with Crippen molar-refractivity contribution >= 4 is 22.4 Å². The highest BCUT2D eigenvalue weighted by Gasteiger charge is 2.18. The molecule has 5 heteroatoms. The van der Waals surface area contributed by atoms with Crippen LogP contribution in [-0.2, 0) is 4.79 Å². The van der Waals surface area contributed by atoms with Gasteiger partial charge >= 0.3 is 0 Å². The summed E-state index contributed by atoms with van der Waals surface area (Å²) in [7, 11) is 0. The van der Waals surface area contributed by atoms with Crippen molar-refractivity contribution in [3.8, 4) is 10.6 Å². The molecule has 2 aromatic rings. The van der Waals surface area contributed by atoms with Crippen LogP contribution in [0.3, 0.4) is 0 Å². The van der Waals surface area contributed by atoms with E-state index in [-0.39, 0.29) is 5.91 Å². The van der Waals surface area contributed by atoms with Crippen LogP contribution in [0.4, 0.5) is 5.13 Å². The van der Waals surface area contributed by atoms with Crippen molar-refractivity contribution in [1.82, 2.24) is 10.2 Å². The number of rotatable bonds is 6. The van der Waals surface area contributed by atoms with Gasteiger partial charge in [-0.15, -0.1) is 10.2 Å². The minimum Gasteiger partial charge on any atom is -0.287 e. The third kappa shape index (κ3) is 3.88. The molecule has 21 heavy (non-hydrogen) atoms. The van der Waals surface area contributed by atoms with Gasteiger partial charge in [-0.25, -0.2) is 0 Å². The van der Waals surface area contributed by atoms with E-state index < -0.39 is 0 Å². The number of aryl methyl sites for hydroxylation is 1. The monoisotopic (exact) mass is 303 g/mol. The smallest absolute Gasteiger partial charge is 0.228 e. The van der Waals surface area contributed by atoms with Gasteiger partial charge in [-0.3, -0.25) is 9.69 Å². The van der Waals surface area contributed by atoms with E-state index in [0.717, 1.165) is 23.4 Å². The Morgan fingerprint density at radius 2 is 2.05 bits per heavy atom. The molecular weight excluding hydrogens is 282 g/mol. The maximum atomic E-state index is 12.2. The summed E-state index contributed by atoms with van der Waals surface area (Å²) in [6.45, 7) is 6.83. The summed E-state index contributed by atoms with van der Waals surface area (Å²) in [5.74, 6) is 0.131. The van der Waals surface area contributed by atoms with Gasteiger partial charge in [0.15, 0.2) is 0 Å². The van der Waals surface area contributed by atoms with Gasteiger partial charge in [-0.1, -0.05) is 48.9 Å². The van der Waals surface area contributed by atoms with E-state index in [2.05, 4.69) is 36.2 Å². The van der Waals surface area contributed by atoms with Crippen LogP contribution in [0.15, 0.2) is 24.3 Å². The minimum atomic E-state index is 0.131. The van der Waals surface area contributed by atoms with E-state index in [1.54, 1.807) is 4.90 Å². The van der Waals surface area contributed by atoms with Crippen molar-refractivity contribution in [2.45, 2.75) is 40.0 Å². The largest absolute Gasteiger partial charge is 0.287 e. The molecule has 0 bridgehead atoms. The number of aromatic nitrogens is 2. The molecule has 0 aliphatic carbocycles. The van der Waals surface area contributed by atoms with Crippen molar-refractivity contribution in [3.63, 3.8) is 0 Å². The van der Waals surface area contributed by atoms with Crippen LogP contribution in [0.2, 0.25) is 0 Å². The van der Waals surface area contributed by atoms with Crippen LogP contribution in [0.5, 0.6) is 0 Å². The molecule has 0 radical (unpaired) electrons. The molecule has 0 aliphatic rings. The molecule has 1 heterocycles. The van der Waals surface area contributed by atoms with Gasteiger partial charge in [0.1, 0.15) is 5.01 Å². The van der Waals surface area contributed by atoms with Crippen molar-refractivity contribution in [3.05, 3.63) is 29.8 Å². The summed E-state index contributed by atoms with van der Waals surface area (Å²) in [4.78, 5) is 14.0. The van der Waals surface area contributed by atoms with Crippen LogP contribution in [-0.4, -0.2) is 22.6 Å². The summed E-state index contributed by atoms with van der Waals surface area (Å²) in [6.07, 6.45) is 2.32. The first-order valence-corrected chi connectivity index (χ1v) is 8.18. The Hall–Kier alpha value is -1.75. The molecule has 0 saturated heterocycles. The van der Waals surface area contributed by atoms with E-state index in [4.69, 9.17) is 0 Å². The molecule has 0 fully saturated rings. The van der Waals surface area contributed by atoms with Crippen LogP contribution >= 0.6 is 11.3 Å². The first kappa shape index (κ1) is 15.6. The van der Waals surface area contributed by atoms with Crippen LogP contribution in [0.25, 0.3) is 10.6 Å². The van der Waals surface area contributed by atoms with Crippen molar-refractivity contribution in [2.75, 3.05) is 11.4 Å². The molecule has 1 aromatic heterocycles. The Balaban J connectivity index is 2.26. The molecule has 0 unspecified atom stereocenters. The fourth-order valence-electron chi connectivity index (χ4n) is 2.12. The van der Waals surface area contributed by atoms with Gasteiger partial charge in [-0.05, 0) is 25.8 Å². The van der Waals surface area contributed by atoms with E-state index >= 15 is 0 Å². The fourth-order valence-corrected chi connectivity index (χ4v) is 3.00. The molecule has 0 aliphatic heterocycles. The molecule has 0 atom stereocenters. The number of hydrogen-bond donors (Lipinski definition) is 0. The van der Waals surface area contributed by atoms with Gasteiger partial charge in [0, 0.05) is 18.5 Å². The molecule has 112 valence electrons. The number of carbonyl (C=O) groups is 1. The van der Waals surface area contributed by atoms with Gasteiger partial charge in [0.05, 0.1) is 0 Å². The van der Waals surface area contributed by atoms with Crippen LogP contribution < -0.4 is 4.90 Å². The summed E-state index contributed by atoms with van der Waals surface area (Å²) >= 11 is 1.48. The Kier molecular flexibility index (Phi) is 5.44. The molecule has 4 nitrogen and oxygen atoms in total. The van der Waals surface area contributed by atoms with Gasteiger partial charge < -0.3 is 0 Å². The molecule has 0 N–H and O–H groups in total. The maximum Gasteiger partial charge on any atom is 0.228 e. The summed E-state index contributed by atoms with van der Waals surface area (Å²) in [5.41, 5.74) is 2.25. The van der Waals surface area contributed by atoms with Gasteiger partial charge in [0.2, 0.25) is 11.0 Å². The molecule has 1 aromatic carbocycles. The normalized spacial score (nSPS) is 10.6. The third-order valence-electron chi connectivity index (χ3n) is 3.12. The first-order chi connectivity index (χ1) is 10.2. The number of anilines is 1. The number of carbonyl (C=O) groups excluding carboxylic acids is 1. The number of benzene rings is 1. The lowest BCUT2D eigenvalue weighted by Crippen LogP contribution is -2.31. The Morgan fingerprint density at radius 1 is 1.24 bits per heavy atom. The highest BCUT2D eigenvalue weighted by molar-refractivity contribution is 7.18. The number of hydrogen-bond acceptors (Lipinski definition) is 4. The summed E-state index contributed by atoms with van der Waals surface area (Å²) < 4.78 is 0. The topological polar surface area (TPSA) is 46.1 Å². The highest BCUT2D eigenvalue weighted by atomic mass is 32.1. The average Bonchev–Trinajstić information content (AvgIpc) is 2.94. The second-order valence-corrected chi connectivity index (χ2v) is 6.01. The lowest BCUT2D eigenvalue weighted by atomic mass is 10.1. The second-order valence-electron chi connectivity index (χ2n) is 5.05. The standard InChI is InChI=1S/C16H21N3OS/c1-4-7-14(20)19(10-5-2)16-18-17-15(21-16)13-9-6-8-12(3)11-13/h6,8-9,11H,4-5,7,10H2,1-3H3. The zero-order chi connectivity index (χ0) is 15.2. The quantitative estimate of drug-likeness (QED) is 0.808. The molecule has 0 saturated carbocycles. The number of amides is 1. The zero-order valence-corrected chi connectivity index (χ0v) is 13.6. The molecule has 0 spiro atoms. The van der Waals surface area contributed by atoms with Gasteiger partial charge in [-0.2, -0.15) is 0 Å². The molecular formula is C16H21N3OS. The minimum absolute atomic E-state index is 0.131. The SMILES string of the molecule is CCCC(=O)N(CCC)c1nnc(-c2cccc(C)c2)s1. The lowest BCUT2D eigenvalue weighted by Gasteiger charge is -2.17. The maximum absolute atomic E-state index is 12.2. The van der Waals surface area contributed by atoms with E-state index in [1.807, 2.05) is 19.1 Å². The highest BCUT2D eigenvalue weighted by Crippen LogP contribution is 2.29. The Bertz CT molecular complexity index is 609. The van der Waals surface area contributed by atoms with E-state index in [0.29, 0.717) is 18.1 Å². The van der Waals surface area contributed by atoms with Crippen molar-refractivity contribution in [1.29, 1.82) is 0 Å². The lowest BCUT2D eigenvalue weighted by molar-refractivity contribution is -0.118. The predicted molar refractivity (Wildman–Crippen MR) is 87.6 cm³/mol. The molecule has 2 rings (SSSR count). The predicted octanol–water partition coefficient (Wildman–Crippen LogP) is 4.06.